The molecule has 5 rings (SSSR count). The summed E-state index contributed by atoms with van der Waals surface area (Å²) in [6.45, 7) is 0.363. The van der Waals surface area contributed by atoms with Gasteiger partial charge in [0, 0.05) is 25.2 Å². The van der Waals surface area contributed by atoms with E-state index in [1.165, 1.54) is 11.0 Å². The zero-order valence-electron chi connectivity index (χ0n) is 21.5. The molecule has 1 aliphatic heterocycles. The number of benzene rings is 2. The number of sulfone groups is 1. The lowest BCUT2D eigenvalue weighted by molar-refractivity contribution is -0.348. The van der Waals surface area contributed by atoms with Gasteiger partial charge in [0.1, 0.15) is 22.7 Å². The molecule has 3 aromatic rings. The number of likely N-dealkylation sites (tertiary alicyclic amines) is 1. The Morgan fingerprint density at radius 2 is 1.66 bits per heavy atom. The standard InChI is InChI=1S/C26H24F8N4O2S/c1-37-22(35-15-36-37)14-38-12-11-23(41(39,40)19-8-6-18(27)7-9-19)20-10-5-17(13-16(20)3-2-4-21(23)38)24(28,25(29,30)31)26(32,33)34/h5-10,13,15,21H,2-4,11-12,14H2,1H3/t21-,23-/m1/s1. The third-order valence-electron chi connectivity index (χ3n) is 8.17. The van der Waals surface area contributed by atoms with Gasteiger partial charge in [0.05, 0.1) is 11.4 Å². The molecule has 1 aromatic heterocycles. The minimum atomic E-state index is -6.31. The van der Waals surface area contributed by atoms with Gasteiger partial charge in [0.15, 0.2) is 9.84 Å². The predicted octanol–water partition coefficient (Wildman–Crippen LogP) is 5.52. The summed E-state index contributed by atoms with van der Waals surface area (Å²) in [4.78, 5) is 5.77. The van der Waals surface area contributed by atoms with E-state index in [1.807, 2.05) is 4.90 Å². The lowest BCUT2D eigenvalue weighted by Gasteiger charge is -2.38. The molecule has 0 unspecified atom stereocenters. The minimum absolute atomic E-state index is 0.000222. The van der Waals surface area contributed by atoms with E-state index in [2.05, 4.69) is 10.1 Å². The first kappa shape index (κ1) is 29.4. The molecule has 0 radical (unpaired) electrons. The Bertz CT molecular complexity index is 1540. The molecule has 6 nitrogen and oxygen atoms in total. The molecule has 1 aliphatic carbocycles. The Morgan fingerprint density at radius 3 is 2.24 bits per heavy atom. The fourth-order valence-electron chi connectivity index (χ4n) is 6.17. The van der Waals surface area contributed by atoms with Gasteiger partial charge in [-0.25, -0.2) is 22.2 Å². The highest BCUT2D eigenvalue weighted by atomic mass is 32.2. The molecule has 1 fully saturated rings. The number of rotatable bonds is 5. The van der Waals surface area contributed by atoms with E-state index >= 15 is 0 Å². The van der Waals surface area contributed by atoms with Gasteiger partial charge in [0.25, 0.3) is 0 Å². The van der Waals surface area contributed by atoms with Crippen LogP contribution in [0.1, 0.15) is 41.8 Å². The number of hydrogen-bond donors (Lipinski definition) is 0. The molecule has 0 saturated carbocycles. The molecule has 1 saturated heterocycles. The minimum Gasteiger partial charge on any atom is -0.291 e. The number of aromatic nitrogens is 3. The second-order valence-electron chi connectivity index (χ2n) is 10.3. The lowest BCUT2D eigenvalue weighted by Crippen LogP contribution is -2.50. The van der Waals surface area contributed by atoms with E-state index in [0.29, 0.717) is 18.0 Å². The number of nitrogens with zero attached hydrogens (tertiary/aromatic N) is 4. The normalized spacial score (nSPS) is 22.3. The molecule has 0 N–H and O–H groups in total. The first-order valence-electron chi connectivity index (χ1n) is 12.6. The Hall–Kier alpha value is -3.07. The topological polar surface area (TPSA) is 68.1 Å². The van der Waals surface area contributed by atoms with Crippen LogP contribution in [-0.2, 0) is 40.3 Å². The summed E-state index contributed by atoms with van der Waals surface area (Å²) in [6, 6.07) is 5.01. The summed E-state index contributed by atoms with van der Waals surface area (Å²) in [7, 11) is -2.78. The van der Waals surface area contributed by atoms with E-state index in [-0.39, 0.29) is 54.8 Å². The molecule has 2 aromatic carbocycles. The number of hydrogen-bond acceptors (Lipinski definition) is 5. The van der Waals surface area contributed by atoms with Gasteiger partial charge in [-0.2, -0.15) is 31.4 Å². The molecule has 41 heavy (non-hydrogen) atoms. The highest BCUT2D eigenvalue weighted by Crippen LogP contribution is 2.56. The summed E-state index contributed by atoms with van der Waals surface area (Å²) in [5, 5.41) is 4.02. The molecule has 0 amide bonds. The average Bonchev–Trinajstić information content (AvgIpc) is 3.41. The fourth-order valence-corrected chi connectivity index (χ4v) is 8.56. The van der Waals surface area contributed by atoms with Crippen molar-refractivity contribution in [1.82, 2.24) is 19.7 Å². The summed E-state index contributed by atoms with van der Waals surface area (Å²) >= 11 is 0. The highest BCUT2D eigenvalue weighted by molar-refractivity contribution is 7.92. The Kier molecular flexibility index (Phi) is 7.00. The van der Waals surface area contributed by atoms with Crippen LogP contribution < -0.4 is 0 Å². The zero-order valence-corrected chi connectivity index (χ0v) is 22.3. The van der Waals surface area contributed by atoms with Crippen molar-refractivity contribution in [2.45, 2.75) is 65.9 Å². The maximum Gasteiger partial charge on any atom is 0.435 e. The van der Waals surface area contributed by atoms with Crippen molar-refractivity contribution in [2.24, 2.45) is 7.05 Å². The van der Waals surface area contributed by atoms with Gasteiger partial charge in [0.2, 0.25) is 0 Å². The largest absolute Gasteiger partial charge is 0.435 e. The SMILES string of the molecule is Cn1ncnc1CN1CC[C@@]2(S(=O)(=O)c3ccc(F)cc3)c3ccc(C(F)(C(F)(F)F)C(F)(F)F)cc3CCC[C@@H]12. The maximum atomic E-state index is 15.0. The van der Waals surface area contributed by atoms with Crippen molar-refractivity contribution < 1.29 is 43.5 Å². The van der Waals surface area contributed by atoms with Crippen LogP contribution in [0.5, 0.6) is 0 Å². The van der Waals surface area contributed by atoms with Gasteiger partial charge >= 0.3 is 18.0 Å². The van der Waals surface area contributed by atoms with Crippen molar-refractivity contribution in [3.63, 3.8) is 0 Å². The number of halogens is 8. The molecular weight excluding hydrogens is 584 g/mol. The van der Waals surface area contributed by atoms with Crippen LogP contribution in [0.4, 0.5) is 35.1 Å². The van der Waals surface area contributed by atoms with Crippen molar-refractivity contribution in [3.05, 3.63) is 77.1 Å². The van der Waals surface area contributed by atoms with Gasteiger partial charge in [-0.3, -0.25) is 9.58 Å². The molecular formula is C26H24F8N4O2S. The van der Waals surface area contributed by atoms with Crippen LogP contribution in [0.3, 0.4) is 0 Å². The average molecular weight is 609 g/mol. The number of aryl methyl sites for hydroxylation is 2. The first-order valence-corrected chi connectivity index (χ1v) is 14.1. The van der Waals surface area contributed by atoms with Crippen LogP contribution in [0, 0.1) is 5.82 Å². The first-order chi connectivity index (χ1) is 19.0. The van der Waals surface area contributed by atoms with Gasteiger partial charge in [-0.05, 0) is 61.1 Å². The zero-order chi connectivity index (χ0) is 30.0. The van der Waals surface area contributed by atoms with Gasteiger partial charge in [-0.15, -0.1) is 0 Å². The monoisotopic (exact) mass is 608 g/mol. The quantitative estimate of drug-likeness (QED) is 0.282. The van der Waals surface area contributed by atoms with Crippen LogP contribution >= 0.6 is 0 Å². The third-order valence-corrected chi connectivity index (χ3v) is 10.7. The predicted molar refractivity (Wildman–Crippen MR) is 129 cm³/mol. The molecule has 2 atom stereocenters. The van der Waals surface area contributed by atoms with Crippen molar-refractivity contribution in [3.8, 4) is 0 Å². The second-order valence-corrected chi connectivity index (χ2v) is 12.5. The Balaban J connectivity index is 1.72. The molecule has 0 spiro atoms. The summed E-state index contributed by atoms with van der Waals surface area (Å²) in [5.74, 6) is -0.185. The summed E-state index contributed by atoms with van der Waals surface area (Å²) in [5.41, 5.74) is -7.44. The smallest absolute Gasteiger partial charge is 0.291 e. The highest BCUT2D eigenvalue weighted by Gasteiger charge is 2.73. The molecule has 15 heteroatoms. The Morgan fingerprint density at radius 1 is 1.00 bits per heavy atom. The van der Waals surface area contributed by atoms with Crippen LogP contribution in [0.25, 0.3) is 0 Å². The molecule has 222 valence electrons. The number of alkyl halides is 7. The van der Waals surface area contributed by atoms with E-state index in [9.17, 15) is 43.5 Å². The third kappa shape index (κ3) is 4.42. The molecule has 2 heterocycles. The van der Waals surface area contributed by atoms with Crippen molar-refractivity contribution in [2.75, 3.05) is 6.54 Å². The van der Waals surface area contributed by atoms with Gasteiger partial charge < -0.3 is 0 Å². The van der Waals surface area contributed by atoms with Crippen LogP contribution in [-0.4, -0.2) is 53.0 Å². The van der Waals surface area contributed by atoms with E-state index in [4.69, 9.17) is 0 Å². The Labute approximate surface area is 229 Å². The maximum absolute atomic E-state index is 15.0. The van der Waals surface area contributed by atoms with Crippen molar-refractivity contribution >= 4 is 9.84 Å². The van der Waals surface area contributed by atoms with E-state index in [0.717, 1.165) is 30.3 Å². The molecule has 0 bridgehead atoms. The van der Waals surface area contributed by atoms with E-state index < -0.39 is 50.0 Å². The second kappa shape index (κ2) is 9.75. The summed E-state index contributed by atoms with van der Waals surface area (Å²) < 4.78 is 139. The number of fused-ring (bicyclic) bond motifs is 3. The van der Waals surface area contributed by atoms with Gasteiger partial charge in [-0.1, -0.05) is 18.2 Å². The van der Waals surface area contributed by atoms with Crippen LogP contribution in [0.2, 0.25) is 0 Å². The van der Waals surface area contributed by atoms with Crippen molar-refractivity contribution in [1.29, 1.82) is 0 Å². The molecule has 2 aliphatic rings. The lowest BCUT2D eigenvalue weighted by atomic mass is 9.84. The summed E-state index contributed by atoms with van der Waals surface area (Å²) in [6.07, 6.45) is -11.0. The fraction of sp³-hybridized carbons (Fsp3) is 0.462. The van der Waals surface area contributed by atoms with E-state index in [1.54, 1.807) is 7.05 Å². The van der Waals surface area contributed by atoms with Crippen LogP contribution in [0.15, 0.2) is 53.7 Å².